The molecule has 0 fully saturated rings. The fraction of sp³-hybridized carbons (Fsp3) is 0.409. The molecule has 0 spiro atoms. The normalized spacial score (nSPS) is 12.0. The van der Waals surface area contributed by atoms with Crippen molar-refractivity contribution in [2.24, 2.45) is 5.92 Å². The van der Waals surface area contributed by atoms with E-state index in [2.05, 4.69) is 50.4 Å². The molecule has 1 amide bonds. The van der Waals surface area contributed by atoms with Gasteiger partial charge in [0.15, 0.2) is 0 Å². The summed E-state index contributed by atoms with van der Waals surface area (Å²) in [5.74, 6) is 1.27. The van der Waals surface area contributed by atoms with E-state index in [1.807, 2.05) is 31.2 Å². The quantitative estimate of drug-likeness (QED) is 0.698. The summed E-state index contributed by atoms with van der Waals surface area (Å²) in [6, 6.07) is 15.9. The number of rotatable bonds is 8. The van der Waals surface area contributed by atoms with E-state index in [9.17, 15) is 4.79 Å². The summed E-state index contributed by atoms with van der Waals surface area (Å²) in [7, 11) is 0. The lowest BCUT2D eigenvalue weighted by Gasteiger charge is -2.14. The van der Waals surface area contributed by atoms with Crippen LogP contribution in [0.25, 0.3) is 0 Å². The third kappa shape index (κ3) is 5.93. The molecule has 0 bridgehead atoms. The Morgan fingerprint density at radius 1 is 1.00 bits per heavy atom. The highest BCUT2D eigenvalue weighted by molar-refractivity contribution is 5.95. The lowest BCUT2D eigenvalue weighted by Crippen LogP contribution is -2.18. The number of hydrogen-bond acceptors (Lipinski definition) is 2. The van der Waals surface area contributed by atoms with Crippen LogP contribution in [0.3, 0.4) is 0 Å². The van der Waals surface area contributed by atoms with Crippen molar-refractivity contribution in [3.63, 3.8) is 0 Å². The fourth-order valence-electron chi connectivity index (χ4n) is 2.67. The van der Waals surface area contributed by atoms with Crippen molar-refractivity contribution in [2.75, 3.05) is 11.9 Å². The maximum absolute atomic E-state index is 12.5. The summed E-state index contributed by atoms with van der Waals surface area (Å²) < 4.78 is 5.56. The largest absolute Gasteiger partial charge is 0.494 e. The van der Waals surface area contributed by atoms with Crippen LogP contribution in [0, 0.1) is 5.92 Å². The van der Waals surface area contributed by atoms with E-state index in [-0.39, 0.29) is 11.8 Å². The van der Waals surface area contributed by atoms with Crippen LogP contribution in [0.5, 0.6) is 5.75 Å². The zero-order valence-corrected chi connectivity index (χ0v) is 15.7. The van der Waals surface area contributed by atoms with Gasteiger partial charge in [-0.05, 0) is 61.1 Å². The Hall–Kier alpha value is -2.29. The number of ether oxygens (including phenoxy) is 1. The second-order valence-corrected chi connectivity index (χ2v) is 6.92. The van der Waals surface area contributed by atoms with Gasteiger partial charge in [-0.25, -0.2) is 0 Å². The van der Waals surface area contributed by atoms with Gasteiger partial charge in [0, 0.05) is 5.69 Å². The van der Waals surface area contributed by atoms with Gasteiger partial charge in [0.25, 0.3) is 0 Å². The highest BCUT2D eigenvalue weighted by atomic mass is 16.5. The summed E-state index contributed by atoms with van der Waals surface area (Å²) in [5.41, 5.74) is 3.14. The predicted octanol–water partition coefficient (Wildman–Crippen LogP) is 5.42. The van der Waals surface area contributed by atoms with Crippen molar-refractivity contribution in [3.05, 3.63) is 59.7 Å². The first-order valence-electron chi connectivity index (χ1n) is 9.12. The second-order valence-electron chi connectivity index (χ2n) is 6.92. The van der Waals surface area contributed by atoms with Crippen molar-refractivity contribution < 1.29 is 9.53 Å². The van der Waals surface area contributed by atoms with Crippen molar-refractivity contribution >= 4 is 11.6 Å². The van der Waals surface area contributed by atoms with Crippen LogP contribution in [0.2, 0.25) is 0 Å². The third-order valence-electron chi connectivity index (χ3n) is 4.11. The molecule has 0 saturated carbocycles. The highest BCUT2D eigenvalue weighted by Gasteiger charge is 2.15. The maximum atomic E-state index is 12.5. The van der Waals surface area contributed by atoms with Gasteiger partial charge in [0.05, 0.1) is 12.5 Å². The van der Waals surface area contributed by atoms with Gasteiger partial charge in [-0.15, -0.1) is 0 Å². The molecule has 0 radical (unpaired) electrons. The van der Waals surface area contributed by atoms with Crippen molar-refractivity contribution in [2.45, 2.75) is 46.5 Å². The smallest absolute Gasteiger partial charge is 0.231 e. The van der Waals surface area contributed by atoms with Crippen LogP contribution in [-0.4, -0.2) is 12.5 Å². The first-order chi connectivity index (χ1) is 12.0. The van der Waals surface area contributed by atoms with Gasteiger partial charge in [0.2, 0.25) is 5.91 Å². The van der Waals surface area contributed by atoms with Gasteiger partial charge in [0.1, 0.15) is 5.75 Å². The molecule has 134 valence electrons. The minimum atomic E-state index is -0.191. The Morgan fingerprint density at radius 3 is 2.20 bits per heavy atom. The van der Waals surface area contributed by atoms with Crippen LogP contribution >= 0.6 is 0 Å². The summed E-state index contributed by atoms with van der Waals surface area (Å²) in [5, 5.41) is 2.98. The second kappa shape index (κ2) is 9.26. The molecule has 2 rings (SSSR count). The molecule has 2 aromatic rings. The van der Waals surface area contributed by atoms with Crippen molar-refractivity contribution in [3.8, 4) is 5.75 Å². The van der Waals surface area contributed by atoms with Gasteiger partial charge >= 0.3 is 0 Å². The first kappa shape index (κ1) is 19.0. The fourth-order valence-corrected chi connectivity index (χ4v) is 2.67. The number of benzene rings is 2. The average molecular weight is 339 g/mol. The summed E-state index contributed by atoms with van der Waals surface area (Å²) in [4.78, 5) is 12.5. The summed E-state index contributed by atoms with van der Waals surface area (Å²) >= 11 is 0. The molecular formula is C22H29NO2. The van der Waals surface area contributed by atoms with E-state index in [1.54, 1.807) is 0 Å². The topological polar surface area (TPSA) is 38.3 Å². The van der Waals surface area contributed by atoms with Crippen molar-refractivity contribution in [1.29, 1.82) is 0 Å². The van der Waals surface area contributed by atoms with Crippen LogP contribution in [0.15, 0.2) is 48.5 Å². The lowest BCUT2D eigenvalue weighted by atomic mass is 9.96. The molecular weight excluding hydrogens is 310 g/mol. The van der Waals surface area contributed by atoms with E-state index >= 15 is 0 Å². The molecule has 1 atom stereocenters. The zero-order chi connectivity index (χ0) is 18.2. The molecule has 2 aromatic carbocycles. The van der Waals surface area contributed by atoms with E-state index < -0.39 is 0 Å². The Labute approximate surface area is 151 Å². The van der Waals surface area contributed by atoms with Gasteiger partial charge in [-0.2, -0.15) is 0 Å². The molecule has 1 N–H and O–H groups in total. The molecule has 3 heteroatoms. The van der Waals surface area contributed by atoms with E-state index in [4.69, 9.17) is 4.74 Å². The predicted molar refractivity (Wildman–Crippen MR) is 104 cm³/mol. The Morgan fingerprint density at radius 2 is 1.64 bits per heavy atom. The summed E-state index contributed by atoms with van der Waals surface area (Å²) in [6.45, 7) is 9.14. The molecule has 0 aromatic heterocycles. The van der Waals surface area contributed by atoms with E-state index in [0.717, 1.165) is 29.8 Å². The molecule has 25 heavy (non-hydrogen) atoms. The molecule has 0 aliphatic heterocycles. The van der Waals surface area contributed by atoms with Crippen LogP contribution in [0.4, 0.5) is 5.69 Å². The maximum Gasteiger partial charge on any atom is 0.231 e. The Kier molecular flexibility index (Phi) is 7.05. The number of amides is 1. The standard InChI is InChI=1S/C22H29NO2/c1-5-14-25-21-12-10-20(11-13-21)23-22(24)17(4)19-8-6-18(7-9-19)15-16(2)3/h6-13,16-17H,5,14-15H2,1-4H3,(H,23,24). The van der Waals surface area contributed by atoms with Crippen molar-refractivity contribution in [1.82, 2.24) is 0 Å². The van der Waals surface area contributed by atoms with E-state index in [0.29, 0.717) is 12.5 Å². The van der Waals surface area contributed by atoms with Gasteiger partial charge in [-0.1, -0.05) is 45.0 Å². The van der Waals surface area contributed by atoms with Crippen LogP contribution in [0.1, 0.15) is 51.2 Å². The van der Waals surface area contributed by atoms with Gasteiger partial charge in [-0.3, -0.25) is 4.79 Å². The lowest BCUT2D eigenvalue weighted by molar-refractivity contribution is -0.117. The molecule has 0 saturated heterocycles. The minimum Gasteiger partial charge on any atom is -0.494 e. The van der Waals surface area contributed by atoms with E-state index in [1.165, 1.54) is 5.56 Å². The number of carbonyl (C=O) groups is 1. The number of carbonyl (C=O) groups excluding carboxylic acids is 1. The monoisotopic (exact) mass is 339 g/mol. The molecule has 3 nitrogen and oxygen atoms in total. The molecule has 1 unspecified atom stereocenters. The third-order valence-corrected chi connectivity index (χ3v) is 4.11. The average Bonchev–Trinajstić information content (AvgIpc) is 2.60. The van der Waals surface area contributed by atoms with Crippen LogP contribution in [-0.2, 0) is 11.2 Å². The zero-order valence-electron chi connectivity index (χ0n) is 15.7. The highest BCUT2D eigenvalue weighted by Crippen LogP contribution is 2.21. The number of nitrogens with one attached hydrogen (secondary N) is 1. The SMILES string of the molecule is CCCOc1ccc(NC(=O)C(C)c2ccc(CC(C)C)cc2)cc1. The number of hydrogen-bond donors (Lipinski definition) is 1. The first-order valence-corrected chi connectivity index (χ1v) is 9.12. The molecule has 0 aliphatic rings. The Bertz CT molecular complexity index is 659. The van der Waals surface area contributed by atoms with Crippen LogP contribution < -0.4 is 10.1 Å². The molecule has 0 aliphatic carbocycles. The Balaban J connectivity index is 1.95. The number of anilines is 1. The minimum absolute atomic E-state index is 0.00108. The van der Waals surface area contributed by atoms with Gasteiger partial charge < -0.3 is 10.1 Å². The molecule has 0 heterocycles. The summed E-state index contributed by atoms with van der Waals surface area (Å²) in [6.07, 6.45) is 2.04.